The van der Waals surface area contributed by atoms with E-state index in [1.54, 1.807) is 4.90 Å². The van der Waals surface area contributed by atoms with Gasteiger partial charge in [0.2, 0.25) is 0 Å². The van der Waals surface area contributed by atoms with Crippen molar-refractivity contribution in [2.45, 2.75) is 44.6 Å². The lowest BCUT2D eigenvalue weighted by Crippen LogP contribution is -2.51. The highest BCUT2D eigenvalue weighted by molar-refractivity contribution is 5.00. The Morgan fingerprint density at radius 3 is 2.27 bits per heavy atom. The Hall–Kier alpha value is -0.290. The predicted octanol–water partition coefficient (Wildman–Crippen LogP) is 1.72. The second-order valence-corrected chi connectivity index (χ2v) is 4.88. The van der Waals surface area contributed by atoms with Crippen LogP contribution in [0.1, 0.15) is 20.3 Å². The zero-order valence-corrected chi connectivity index (χ0v) is 9.09. The van der Waals surface area contributed by atoms with Gasteiger partial charge >= 0.3 is 6.18 Å². The highest BCUT2D eigenvalue weighted by atomic mass is 19.4. The molecule has 0 aromatic rings. The lowest BCUT2D eigenvalue weighted by molar-refractivity contribution is -0.150. The molecule has 5 heteroatoms. The summed E-state index contributed by atoms with van der Waals surface area (Å²) < 4.78 is 36.7. The van der Waals surface area contributed by atoms with Crippen LogP contribution in [0.4, 0.5) is 13.2 Å². The second kappa shape index (κ2) is 3.63. The van der Waals surface area contributed by atoms with Crippen molar-refractivity contribution in [2.24, 2.45) is 0 Å². The van der Waals surface area contributed by atoms with Gasteiger partial charge in [0.15, 0.2) is 0 Å². The van der Waals surface area contributed by atoms with Crippen LogP contribution in [0.25, 0.3) is 0 Å². The molecule has 2 fully saturated rings. The van der Waals surface area contributed by atoms with Crippen LogP contribution in [0.2, 0.25) is 0 Å². The Labute approximate surface area is 88.0 Å². The van der Waals surface area contributed by atoms with Gasteiger partial charge in [-0.25, -0.2) is 0 Å². The zero-order chi connectivity index (χ0) is 11.2. The molecule has 0 saturated carbocycles. The first-order valence-corrected chi connectivity index (χ1v) is 5.43. The van der Waals surface area contributed by atoms with Crippen molar-refractivity contribution in [3.8, 4) is 0 Å². The van der Waals surface area contributed by atoms with Crippen molar-refractivity contribution >= 4 is 0 Å². The number of piperazine rings is 1. The van der Waals surface area contributed by atoms with Crippen molar-refractivity contribution in [1.82, 2.24) is 9.80 Å². The highest BCUT2D eigenvalue weighted by Gasteiger charge is 2.47. The summed E-state index contributed by atoms with van der Waals surface area (Å²) in [5.41, 5.74) is 0. The van der Waals surface area contributed by atoms with Gasteiger partial charge in [0.05, 0.1) is 6.54 Å². The summed E-state index contributed by atoms with van der Waals surface area (Å²) >= 11 is 0. The molecule has 2 aliphatic rings. The first-order valence-electron chi connectivity index (χ1n) is 5.43. The monoisotopic (exact) mass is 222 g/mol. The minimum absolute atomic E-state index is 0.124. The fourth-order valence-electron chi connectivity index (χ4n) is 2.84. The summed E-state index contributed by atoms with van der Waals surface area (Å²) in [5, 5.41) is 0. The summed E-state index contributed by atoms with van der Waals surface area (Å²) in [7, 11) is 0. The molecule has 2 nitrogen and oxygen atoms in total. The Kier molecular flexibility index (Phi) is 2.71. The summed E-state index contributed by atoms with van der Waals surface area (Å²) in [6.07, 6.45) is -3.14. The molecular formula is C10H17F3N2. The van der Waals surface area contributed by atoms with E-state index in [-0.39, 0.29) is 6.04 Å². The Balaban J connectivity index is 1.92. The van der Waals surface area contributed by atoms with Crippen LogP contribution in [0.5, 0.6) is 0 Å². The van der Waals surface area contributed by atoms with Gasteiger partial charge < -0.3 is 0 Å². The van der Waals surface area contributed by atoms with Crippen LogP contribution in [0.3, 0.4) is 0 Å². The van der Waals surface area contributed by atoms with Crippen LogP contribution >= 0.6 is 0 Å². The summed E-state index contributed by atoms with van der Waals surface area (Å²) in [6, 6.07) is 0.921. The smallest absolute Gasteiger partial charge is 0.295 e. The topological polar surface area (TPSA) is 6.48 Å². The van der Waals surface area contributed by atoms with Crippen LogP contribution in [0, 0.1) is 0 Å². The number of rotatable bonds is 2. The second-order valence-electron chi connectivity index (χ2n) is 4.88. The largest absolute Gasteiger partial charge is 0.401 e. The van der Waals surface area contributed by atoms with Gasteiger partial charge in [-0.3, -0.25) is 9.80 Å². The maximum Gasteiger partial charge on any atom is 0.401 e. The maximum atomic E-state index is 12.2. The number of alkyl halides is 3. The molecule has 15 heavy (non-hydrogen) atoms. The van der Waals surface area contributed by atoms with Crippen LogP contribution in [-0.4, -0.2) is 53.7 Å². The third kappa shape index (κ3) is 2.28. The average Bonchev–Trinajstić information content (AvgIpc) is 2.58. The number of halogens is 3. The van der Waals surface area contributed by atoms with Gasteiger partial charge in [-0.1, -0.05) is 0 Å². The lowest BCUT2D eigenvalue weighted by Gasteiger charge is -2.36. The molecular weight excluding hydrogens is 205 g/mol. The molecule has 0 aromatic carbocycles. The summed E-state index contributed by atoms with van der Waals surface area (Å²) in [4.78, 5) is 3.90. The molecule has 2 saturated heterocycles. The van der Waals surface area contributed by atoms with E-state index in [9.17, 15) is 13.2 Å². The Bertz CT molecular complexity index is 239. The normalized spacial score (nSPS) is 33.2. The summed E-state index contributed by atoms with van der Waals surface area (Å²) in [6.45, 7) is 4.87. The minimum Gasteiger partial charge on any atom is -0.295 e. The van der Waals surface area contributed by atoms with E-state index in [2.05, 4.69) is 18.7 Å². The molecule has 2 aliphatic heterocycles. The SMILES string of the molecule is CC(C)N1CC2CC1CN2CC(F)(F)F. The number of nitrogens with zero attached hydrogens (tertiary/aromatic N) is 2. The van der Waals surface area contributed by atoms with Crippen LogP contribution < -0.4 is 0 Å². The summed E-state index contributed by atoms with van der Waals surface area (Å²) in [5.74, 6) is 0. The predicted molar refractivity (Wildman–Crippen MR) is 51.7 cm³/mol. The van der Waals surface area contributed by atoms with Crippen molar-refractivity contribution in [2.75, 3.05) is 19.6 Å². The molecule has 2 heterocycles. The van der Waals surface area contributed by atoms with Crippen molar-refractivity contribution in [1.29, 1.82) is 0 Å². The molecule has 88 valence electrons. The van der Waals surface area contributed by atoms with Gasteiger partial charge in [0, 0.05) is 31.2 Å². The standard InChI is InChI=1S/C10H17F3N2/c1-7(2)15-5-8-3-9(15)4-14(8)6-10(11,12)13/h7-9H,3-6H2,1-2H3. The van der Waals surface area contributed by atoms with E-state index < -0.39 is 12.7 Å². The molecule has 0 spiro atoms. The number of hydrogen-bond donors (Lipinski definition) is 0. The fraction of sp³-hybridized carbons (Fsp3) is 1.00. The minimum atomic E-state index is -4.05. The quantitative estimate of drug-likeness (QED) is 0.702. The van der Waals surface area contributed by atoms with Gasteiger partial charge in [-0.2, -0.15) is 13.2 Å². The lowest BCUT2D eigenvalue weighted by atomic mass is 10.2. The van der Waals surface area contributed by atoms with Crippen LogP contribution in [-0.2, 0) is 0 Å². The molecule has 2 bridgehead atoms. The number of fused-ring (bicyclic) bond motifs is 2. The van der Waals surface area contributed by atoms with E-state index in [4.69, 9.17) is 0 Å². The maximum absolute atomic E-state index is 12.2. The van der Waals surface area contributed by atoms with E-state index in [0.717, 1.165) is 13.0 Å². The molecule has 0 amide bonds. The van der Waals surface area contributed by atoms with Crippen molar-refractivity contribution in [3.63, 3.8) is 0 Å². The Morgan fingerprint density at radius 2 is 1.87 bits per heavy atom. The van der Waals surface area contributed by atoms with Gasteiger partial charge in [0.1, 0.15) is 0 Å². The van der Waals surface area contributed by atoms with Crippen molar-refractivity contribution < 1.29 is 13.2 Å². The average molecular weight is 222 g/mol. The third-order valence-corrected chi connectivity index (χ3v) is 3.44. The zero-order valence-electron chi connectivity index (χ0n) is 9.09. The van der Waals surface area contributed by atoms with Gasteiger partial charge in [-0.05, 0) is 20.3 Å². The van der Waals surface area contributed by atoms with E-state index in [0.29, 0.717) is 18.6 Å². The third-order valence-electron chi connectivity index (χ3n) is 3.44. The number of likely N-dealkylation sites (tertiary alicyclic amines) is 2. The molecule has 0 radical (unpaired) electrons. The fourth-order valence-corrected chi connectivity index (χ4v) is 2.84. The van der Waals surface area contributed by atoms with Crippen molar-refractivity contribution in [3.05, 3.63) is 0 Å². The first-order chi connectivity index (χ1) is 6.87. The Morgan fingerprint density at radius 1 is 1.20 bits per heavy atom. The van der Waals surface area contributed by atoms with Gasteiger partial charge in [0.25, 0.3) is 0 Å². The number of hydrogen-bond acceptors (Lipinski definition) is 2. The van der Waals surface area contributed by atoms with Crippen LogP contribution in [0.15, 0.2) is 0 Å². The first kappa shape index (κ1) is 11.2. The van der Waals surface area contributed by atoms with E-state index in [1.165, 1.54) is 0 Å². The molecule has 2 unspecified atom stereocenters. The van der Waals surface area contributed by atoms with E-state index >= 15 is 0 Å². The molecule has 0 aromatic heterocycles. The highest BCUT2D eigenvalue weighted by Crippen LogP contribution is 2.33. The van der Waals surface area contributed by atoms with Gasteiger partial charge in [-0.15, -0.1) is 0 Å². The molecule has 0 N–H and O–H groups in total. The molecule has 2 rings (SSSR count). The van der Waals surface area contributed by atoms with E-state index in [1.807, 2.05) is 0 Å². The molecule has 2 atom stereocenters. The molecule has 0 aliphatic carbocycles.